The number of carbonyl (C=O) groups is 2. The standard InChI is InChI=1S/C14H23N3O4/c1-7-9(6-16(3)5-4-15)12(14(20)21)17-11(7)10(8(2)18)13(17)19/h7-8,10-11,18H,4-6,15H2,1-3H3,(H,20,21)/t7-,8+,10?,11+/m0/s1. The molecule has 0 spiro atoms. The van der Waals surface area contributed by atoms with Crippen LogP contribution in [-0.2, 0) is 9.59 Å². The summed E-state index contributed by atoms with van der Waals surface area (Å²) < 4.78 is 0. The van der Waals surface area contributed by atoms with Gasteiger partial charge in [-0.3, -0.25) is 4.79 Å². The minimum absolute atomic E-state index is 0.0753. The van der Waals surface area contributed by atoms with Crippen molar-refractivity contribution in [3.63, 3.8) is 0 Å². The van der Waals surface area contributed by atoms with Gasteiger partial charge in [0, 0.05) is 25.6 Å². The maximum absolute atomic E-state index is 12.1. The van der Waals surface area contributed by atoms with Crippen molar-refractivity contribution in [2.24, 2.45) is 17.6 Å². The van der Waals surface area contributed by atoms with E-state index in [2.05, 4.69) is 0 Å². The quantitative estimate of drug-likeness (QED) is 0.547. The van der Waals surface area contributed by atoms with Crippen molar-refractivity contribution < 1.29 is 19.8 Å². The predicted molar refractivity (Wildman–Crippen MR) is 76.2 cm³/mol. The molecule has 4 atom stereocenters. The number of carboxylic acid groups (broad SMARTS) is 1. The second-order valence-corrected chi connectivity index (χ2v) is 5.96. The molecule has 0 bridgehead atoms. The zero-order valence-electron chi connectivity index (χ0n) is 12.6. The van der Waals surface area contributed by atoms with Gasteiger partial charge in [0.1, 0.15) is 5.70 Å². The lowest BCUT2D eigenvalue weighted by atomic mass is 9.77. The minimum atomic E-state index is -1.09. The molecular weight excluding hydrogens is 274 g/mol. The third kappa shape index (κ3) is 2.45. The molecule has 0 aliphatic carbocycles. The van der Waals surface area contributed by atoms with Crippen LogP contribution in [0.1, 0.15) is 13.8 Å². The molecule has 2 heterocycles. The number of nitrogens with two attached hydrogens (primary N) is 1. The van der Waals surface area contributed by atoms with Crippen molar-refractivity contribution in [1.82, 2.24) is 9.80 Å². The molecule has 21 heavy (non-hydrogen) atoms. The monoisotopic (exact) mass is 297 g/mol. The van der Waals surface area contributed by atoms with Crippen LogP contribution in [0.4, 0.5) is 0 Å². The van der Waals surface area contributed by atoms with E-state index in [9.17, 15) is 19.8 Å². The van der Waals surface area contributed by atoms with Gasteiger partial charge in [0.05, 0.1) is 18.1 Å². The average Bonchev–Trinajstić information content (AvgIpc) is 2.60. The summed E-state index contributed by atoms with van der Waals surface area (Å²) in [5.41, 5.74) is 6.33. The summed E-state index contributed by atoms with van der Waals surface area (Å²) in [5, 5.41) is 19.2. The van der Waals surface area contributed by atoms with Crippen molar-refractivity contribution in [3.05, 3.63) is 11.3 Å². The number of hydrogen-bond donors (Lipinski definition) is 3. The molecule has 4 N–H and O–H groups in total. The van der Waals surface area contributed by atoms with E-state index in [0.717, 1.165) is 5.57 Å². The van der Waals surface area contributed by atoms with Crippen LogP contribution in [0.2, 0.25) is 0 Å². The Morgan fingerprint density at radius 2 is 2.14 bits per heavy atom. The number of β-lactam (4-membered cyclic amide) rings is 1. The third-order valence-corrected chi connectivity index (χ3v) is 4.47. The first-order valence-corrected chi connectivity index (χ1v) is 7.17. The average molecular weight is 297 g/mol. The molecule has 1 unspecified atom stereocenters. The Morgan fingerprint density at radius 3 is 2.62 bits per heavy atom. The van der Waals surface area contributed by atoms with E-state index in [-0.39, 0.29) is 23.6 Å². The number of aliphatic hydroxyl groups is 1. The summed E-state index contributed by atoms with van der Waals surface area (Å²) in [4.78, 5) is 27.0. The zero-order chi connectivity index (χ0) is 15.9. The van der Waals surface area contributed by atoms with Crippen LogP contribution >= 0.6 is 0 Å². The van der Waals surface area contributed by atoms with Crippen LogP contribution in [0, 0.1) is 11.8 Å². The Balaban J connectivity index is 2.30. The highest BCUT2D eigenvalue weighted by Gasteiger charge is 2.59. The molecule has 1 fully saturated rings. The second kappa shape index (κ2) is 5.75. The third-order valence-electron chi connectivity index (χ3n) is 4.47. The molecule has 2 aliphatic heterocycles. The largest absolute Gasteiger partial charge is 0.477 e. The van der Waals surface area contributed by atoms with E-state index in [4.69, 9.17) is 5.73 Å². The number of nitrogens with zero attached hydrogens (tertiary/aromatic N) is 2. The van der Waals surface area contributed by atoms with E-state index in [1.807, 2.05) is 18.9 Å². The lowest BCUT2D eigenvalue weighted by molar-refractivity contribution is -0.163. The first-order chi connectivity index (χ1) is 9.81. The lowest BCUT2D eigenvalue weighted by Gasteiger charge is -2.46. The molecular formula is C14H23N3O4. The Labute approximate surface area is 124 Å². The van der Waals surface area contributed by atoms with Gasteiger partial charge in [0.15, 0.2) is 0 Å². The lowest BCUT2D eigenvalue weighted by Crippen LogP contribution is -2.63. The molecule has 118 valence electrons. The molecule has 0 saturated carbocycles. The minimum Gasteiger partial charge on any atom is -0.477 e. The van der Waals surface area contributed by atoms with Crippen molar-refractivity contribution in [1.29, 1.82) is 0 Å². The number of carboxylic acids is 1. The molecule has 7 nitrogen and oxygen atoms in total. The fraction of sp³-hybridized carbons (Fsp3) is 0.714. The van der Waals surface area contributed by atoms with Gasteiger partial charge < -0.3 is 25.7 Å². The van der Waals surface area contributed by atoms with Gasteiger partial charge in [-0.2, -0.15) is 0 Å². The number of amides is 1. The Bertz CT molecular complexity index is 489. The van der Waals surface area contributed by atoms with Gasteiger partial charge in [-0.05, 0) is 19.5 Å². The number of rotatable bonds is 6. The predicted octanol–water partition coefficient (Wildman–Crippen LogP) is -0.927. The summed E-state index contributed by atoms with van der Waals surface area (Å²) in [6.45, 7) is 5.10. The number of aliphatic hydroxyl groups excluding tert-OH is 1. The highest BCUT2D eigenvalue weighted by Crippen LogP contribution is 2.47. The molecule has 0 radical (unpaired) electrons. The van der Waals surface area contributed by atoms with E-state index in [1.54, 1.807) is 6.92 Å². The number of likely N-dealkylation sites (N-methyl/N-ethyl adjacent to an activating group) is 1. The number of aliphatic carboxylic acids is 1. The summed E-state index contributed by atoms with van der Waals surface area (Å²) in [7, 11) is 1.87. The van der Waals surface area contributed by atoms with Gasteiger partial charge in [0.25, 0.3) is 0 Å². The fourth-order valence-corrected chi connectivity index (χ4v) is 3.44. The van der Waals surface area contributed by atoms with Crippen molar-refractivity contribution in [2.45, 2.75) is 26.0 Å². The zero-order valence-corrected chi connectivity index (χ0v) is 12.6. The van der Waals surface area contributed by atoms with Crippen LogP contribution in [0.15, 0.2) is 11.3 Å². The smallest absolute Gasteiger partial charge is 0.352 e. The molecule has 2 aliphatic rings. The Hall–Kier alpha value is -1.44. The molecule has 0 aromatic carbocycles. The topological polar surface area (TPSA) is 107 Å². The molecule has 2 rings (SSSR count). The molecule has 7 heteroatoms. The first kappa shape index (κ1) is 15.9. The van der Waals surface area contributed by atoms with E-state index < -0.39 is 18.0 Å². The van der Waals surface area contributed by atoms with Crippen LogP contribution in [0.3, 0.4) is 0 Å². The number of fused-ring (bicyclic) bond motifs is 1. The maximum atomic E-state index is 12.1. The summed E-state index contributed by atoms with van der Waals surface area (Å²) in [6, 6.07) is -0.245. The van der Waals surface area contributed by atoms with Crippen molar-refractivity contribution in [3.8, 4) is 0 Å². The van der Waals surface area contributed by atoms with E-state index in [0.29, 0.717) is 19.6 Å². The van der Waals surface area contributed by atoms with Crippen LogP contribution in [-0.4, -0.2) is 70.7 Å². The summed E-state index contributed by atoms with van der Waals surface area (Å²) >= 11 is 0. The van der Waals surface area contributed by atoms with Crippen molar-refractivity contribution in [2.75, 3.05) is 26.7 Å². The first-order valence-electron chi connectivity index (χ1n) is 7.17. The van der Waals surface area contributed by atoms with Gasteiger partial charge in [0.2, 0.25) is 5.91 Å². The highest BCUT2D eigenvalue weighted by molar-refractivity contribution is 6.00. The summed E-state index contributed by atoms with van der Waals surface area (Å²) in [5.74, 6) is -1.96. The van der Waals surface area contributed by atoms with Gasteiger partial charge >= 0.3 is 5.97 Å². The second-order valence-electron chi connectivity index (χ2n) is 5.96. The Morgan fingerprint density at radius 1 is 1.52 bits per heavy atom. The number of carbonyl (C=O) groups excluding carboxylic acids is 1. The molecule has 1 saturated heterocycles. The summed E-state index contributed by atoms with van der Waals surface area (Å²) in [6.07, 6.45) is -0.766. The highest BCUT2D eigenvalue weighted by atomic mass is 16.4. The Kier molecular flexibility index (Phi) is 4.36. The van der Waals surface area contributed by atoms with Crippen LogP contribution < -0.4 is 5.73 Å². The molecule has 0 aromatic rings. The number of hydrogen-bond acceptors (Lipinski definition) is 5. The normalized spacial score (nSPS) is 29.7. The van der Waals surface area contributed by atoms with E-state index in [1.165, 1.54) is 4.90 Å². The van der Waals surface area contributed by atoms with Gasteiger partial charge in [-0.15, -0.1) is 0 Å². The fourth-order valence-electron chi connectivity index (χ4n) is 3.44. The molecule has 0 aromatic heterocycles. The van der Waals surface area contributed by atoms with Crippen LogP contribution in [0.25, 0.3) is 0 Å². The van der Waals surface area contributed by atoms with Gasteiger partial charge in [-0.25, -0.2) is 4.79 Å². The maximum Gasteiger partial charge on any atom is 0.352 e. The van der Waals surface area contributed by atoms with Crippen LogP contribution in [0.5, 0.6) is 0 Å². The van der Waals surface area contributed by atoms with Gasteiger partial charge in [-0.1, -0.05) is 6.92 Å². The molecule has 1 amide bonds. The SMILES string of the molecule is C[C@@H](O)C1C(=O)N2C(C(=O)O)=C(CN(C)CCN)[C@H](C)[C@H]12. The van der Waals surface area contributed by atoms with Crippen molar-refractivity contribution >= 4 is 11.9 Å². The van der Waals surface area contributed by atoms with E-state index >= 15 is 0 Å².